The third kappa shape index (κ3) is 27.9. The molecule has 0 radical (unpaired) electrons. The van der Waals surface area contributed by atoms with Crippen LogP contribution in [0.4, 0.5) is 17.1 Å². The number of rotatable bonds is 40. The summed E-state index contributed by atoms with van der Waals surface area (Å²) in [7, 11) is 1.63. The van der Waals surface area contributed by atoms with Gasteiger partial charge in [-0.1, -0.05) is 62.3 Å². The maximum atomic E-state index is 12.7. The van der Waals surface area contributed by atoms with Gasteiger partial charge in [0.15, 0.2) is 34.8 Å². The van der Waals surface area contributed by atoms with Gasteiger partial charge in [-0.15, -0.1) is 0 Å². The van der Waals surface area contributed by atoms with Crippen molar-refractivity contribution in [2.75, 3.05) is 155 Å². The highest BCUT2D eigenvalue weighted by molar-refractivity contribution is 6.08. The molecule has 28 heteroatoms. The summed E-state index contributed by atoms with van der Waals surface area (Å²) in [6.07, 6.45) is 0. The summed E-state index contributed by atoms with van der Waals surface area (Å²) in [5, 5.41) is 25.7. The number of imidazole rings is 3. The number of amides is 3. The fourth-order valence-corrected chi connectivity index (χ4v) is 9.66. The average Bonchev–Trinajstić information content (AvgIpc) is 1.65. The number of aliphatic hydroxyl groups is 2. The zero-order valence-electron chi connectivity index (χ0n) is 61.9. The molecule has 0 saturated carbocycles. The number of hydrogen-bond donors (Lipinski definition) is 8. The Morgan fingerprint density at radius 2 is 0.566 bits per heavy atom. The molecule has 0 spiro atoms. The van der Waals surface area contributed by atoms with E-state index in [4.69, 9.17) is 62.3 Å². The van der Waals surface area contributed by atoms with Crippen molar-refractivity contribution in [2.24, 2.45) is 16.2 Å². The maximum absolute atomic E-state index is 12.7. The summed E-state index contributed by atoms with van der Waals surface area (Å²) in [6.45, 7) is 24.7. The smallest absolute Gasteiger partial charge is 0.291 e. The summed E-state index contributed by atoms with van der Waals surface area (Å²) in [4.78, 5) is 97.6. The molecule has 28 nitrogen and oxygen atoms in total. The molecule has 0 saturated heterocycles. The molecule has 0 fully saturated rings. The summed E-state index contributed by atoms with van der Waals surface area (Å²) >= 11 is 0. The van der Waals surface area contributed by atoms with Crippen LogP contribution in [0.1, 0.15) is 125 Å². The molecule has 0 bridgehead atoms. The van der Waals surface area contributed by atoms with Gasteiger partial charge >= 0.3 is 0 Å². The van der Waals surface area contributed by atoms with Crippen LogP contribution < -0.4 is 30.2 Å². The number of Topliss-reactive ketones (excluding diaryl/α,β-unsaturated/α-hetero) is 3. The summed E-state index contributed by atoms with van der Waals surface area (Å²) in [5.41, 5.74) is 5.78. The van der Waals surface area contributed by atoms with Crippen LogP contribution >= 0.6 is 0 Å². The van der Waals surface area contributed by atoms with Gasteiger partial charge in [0.1, 0.15) is 37.1 Å². The van der Waals surface area contributed by atoms with Gasteiger partial charge in [0.05, 0.1) is 145 Å². The van der Waals surface area contributed by atoms with Gasteiger partial charge in [-0.25, -0.2) is 15.0 Å². The standard InChI is InChI=1S/C28H37N3O7.C27H35N3O7.C23H27N3O5/c1-28(2,3)25(32)20-5-10-23-24(19-20)31-26(30-23)27(33)29-21-6-8-22(9-7-21)38-18-17-37-16-15-36-14-13-35-12-11-34-4;1-27(2,3)24(32)19-4-9-22-23(18-19)30-25(29-22)26(33)28-20-5-7-21(8-6-20)37-17-16-36-15-14-35-13-12-34-11-10-31;1-23(2,3)20(28)15-4-9-18-19(14-15)26-21(25-18)22(29)24-16-5-7-17(8-6-16)31-13-12-30-11-10-27/h5-10,19H,11-18H2,1-4H3,(H,29,33)(H,30,31);4-9,18,31H,10-17H2,1-3H3,(H,28,33)(H,29,30);4-9,14,27H,10-13H2,1-3H3,(H,24,29)(H,25,26). The fraction of sp³-hybridized carbons (Fsp3) is 0.423. The number of benzene rings is 6. The molecule has 3 aromatic heterocycles. The number of carbonyl (C=O) groups excluding carboxylic acids is 6. The third-order valence-electron chi connectivity index (χ3n) is 15.1. The molecule has 9 aromatic rings. The van der Waals surface area contributed by atoms with Crippen LogP contribution in [-0.2, 0) is 37.9 Å². The van der Waals surface area contributed by atoms with E-state index in [1.165, 1.54) is 0 Å². The first-order valence-corrected chi connectivity index (χ1v) is 34.8. The second kappa shape index (κ2) is 42.3. The molecule has 6 aromatic carbocycles. The Bertz CT molecular complexity index is 4230. The Kier molecular flexibility index (Phi) is 33.3. The van der Waals surface area contributed by atoms with Crippen LogP contribution in [0, 0.1) is 16.2 Å². The number of nitrogens with zero attached hydrogens (tertiary/aromatic N) is 3. The number of methoxy groups -OCH3 is 1. The lowest BCUT2D eigenvalue weighted by Gasteiger charge is -2.16. The minimum atomic E-state index is -0.497. The molecule has 0 unspecified atom stereocenters. The van der Waals surface area contributed by atoms with Crippen molar-refractivity contribution in [3.05, 3.63) is 162 Å². The molecule has 0 aliphatic carbocycles. The molecule has 3 amide bonds. The van der Waals surface area contributed by atoms with Crippen LogP contribution in [0.3, 0.4) is 0 Å². The van der Waals surface area contributed by atoms with E-state index in [0.717, 1.165) is 0 Å². The SMILES string of the molecule is CC(C)(C)C(=O)c1ccc2nc(C(=O)Nc3ccc(OCCOCCO)cc3)[nH]c2c1.CC(C)(C)C(=O)c1ccc2nc(C(=O)Nc3ccc(OCCOCCOCCOCCO)cc3)[nH]c2c1.COCCOCCOCCOCCOc1ccc(NC(=O)c2nc3ccc(C(=O)C(C)(C)C)cc3[nH]2)cc1. The zero-order chi connectivity index (χ0) is 76.5. The molecule has 106 heavy (non-hydrogen) atoms. The largest absolute Gasteiger partial charge is 0.491 e. The molecule has 570 valence electrons. The van der Waals surface area contributed by atoms with Crippen molar-refractivity contribution in [1.82, 2.24) is 29.9 Å². The Hall–Kier alpha value is -9.85. The quantitative estimate of drug-likeness (QED) is 0.0131. The van der Waals surface area contributed by atoms with Crippen molar-refractivity contribution in [3.8, 4) is 17.2 Å². The number of aliphatic hydroxyl groups excluding tert-OH is 2. The van der Waals surface area contributed by atoms with Crippen molar-refractivity contribution in [2.45, 2.75) is 62.3 Å². The lowest BCUT2D eigenvalue weighted by Crippen LogP contribution is -2.20. The van der Waals surface area contributed by atoms with Crippen molar-refractivity contribution in [1.29, 1.82) is 0 Å². The first kappa shape index (κ1) is 83.4. The summed E-state index contributed by atoms with van der Waals surface area (Å²) in [5.74, 6) is 1.38. The van der Waals surface area contributed by atoms with E-state index in [2.05, 4.69) is 45.9 Å². The summed E-state index contributed by atoms with van der Waals surface area (Å²) in [6, 6.07) is 36.6. The summed E-state index contributed by atoms with van der Waals surface area (Å²) < 4.78 is 59.0. The number of ketones is 3. The molecule has 0 aliphatic rings. The van der Waals surface area contributed by atoms with Crippen molar-refractivity contribution < 1.29 is 91.1 Å². The molecular formula is C78H99N9O19. The van der Waals surface area contributed by atoms with Crippen LogP contribution in [0.15, 0.2) is 127 Å². The second-order valence-electron chi connectivity index (χ2n) is 26.9. The number of ether oxygens (including phenoxy) is 11. The molecule has 0 atom stereocenters. The van der Waals surface area contributed by atoms with E-state index >= 15 is 0 Å². The highest BCUT2D eigenvalue weighted by Crippen LogP contribution is 2.28. The van der Waals surface area contributed by atoms with Gasteiger partial charge in [-0.3, -0.25) is 28.8 Å². The van der Waals surface area contributed by atoms with Gasteiger partial charge in [0.25, 0.3) is 17.7 Å². The predicted octanol–water partition coefficient (Wildman–Crippen LogP) is 11.0. The van der Waals surface area contributed by atoms with E-state index < -0.39 is 16.2 Å². The number of H-pyrrole nitrogens is 3. The number of aromatic amines is 3. The lowest BCUT2D eigenvalue weighted by molar-refractivity contribution is 0.000164. The zero-order valence-corrected chi connectivity index (χ0v) is 61.9. The number of fused-ring (bicyclic) bond motifs is 3. The maximum Gasteiger partial charge on any atom is 0.291 e. The van der Waals surface area contributed by atoms with Crippen LogP contribution in [-0.4, -0.2) is 214 Å². The van der Waals surface area contributed by atoms with E-state index in [0.29, 0.717) is 196 Å². The third-order valence-corrected chi connectivity index (χ3v) is 15.1. The van der Waals surface area contributed by atoms with Gasteiger partial charge < -0.3 is 93.2 Å². The Morgan fingerprint density at radius 1 is 0.330 bits per heavy atom. The molecule has 3 heterocycles. The lowest BCUT2D eigenvalue weighted by atomic mass is 9.86. The van der Waals surface area contributed by atoms with Gasteiger partial charge in [-0.2, -0.15) is 0 Å². The minimum Gasteiger partial charge on any atom is -0.491 e. The van der Waals surface area contributed by atoms with Gasteiger partial charge in [-0.05, 0) is 127 Å². The Labute approximate surface area is 616 Å². The first-order chi connectivity index (χ1) is 50.8. The highest BCUT2D eigenvalue weighted by Gasteiger charge is 2.27. The number of nitrogens with one attached hydrogen (secondary N) is 6. The monoisotopic (exact) mass is 1470 g/mol. The average molecular weight is 1470 g/mol. The topological polar surface area (TPSA) is 367 Å². The molecule has 9 rings (SSSR count). The molecular weight excluding hydrogens is 1370 g/mol. The normalized spacial score (nSPS) is 11.5. The van der Waals surface area contributed by atoms with Crippen LogP contribution in [0.25, 0.3) is 33.1 Å². The van der Waals surface area contributed by atoms with E-state index in [1.54, 1.807) is 135 Å². The molecule has 8 N–H and O–H groups in total. The highest BCUT2D eigenvalue weighted by atomic mass is 16.6. The van der Waals surface area contributed by atoms with Crippen molar-refractivity contribution in [3.63, 3.8) is 0 Å². The number of carbonyl (C=O) groups is 6. The number of hydrogen-bond acceptors (Lipinski definition) is 22. The first-order valence-electron chi connectivity index (χ1n) is 34.8. The van der Waals surface area contributed by atoms with Crippen LogP contribution in [0.2, 0.25) is 0 Å². The Balaban J connectivity index is 0.000000223. The van der Waals surface area contributed by atoms with E-state index in [-0.39, 0.29) is 72.4 Å². The van der Waals surface area contributed by atoms with Gasteiger partial charge in [0, 0.05) is 57.1 Å². The Morgan fingerprint density at radius 3 is 0.802 bits per heavy atom. The van der Waals surface area contributed by atoms with E-state index in [1.807, 2.05) is 62.3 Å². The predicted molar refractivity (Wildman–Crippen MR) is 401 cm³/mol. The van der Waals surface area contributed by atoms with Gasteiger partial charge in [0.2, 0.25) is 0 Å². The number of anilines is 3. The second-order valence-corrected chi connectivity index (χ2v) is 26.9. The van der Waals surface area contributed by atoms with E-state index in [9.17, 15) is 28.8 Å². The van der Waals surface area contributed by atoms with Crippen LogP contribution in [0.5, 0.6) is 17.2 Å². The van der Waals surface area contributed by atoms with Crippen molar-refractivity contribution >= 4 is 85.2 Å². The minimum absolute atomic E-state index is 0.00655. The molecule has 0 aliphatic heterocycles. The number of aromatic nitrogens is 6. The fourth-order valence-electron chi connectivity index (χ4n) is 9.66.